The quantitative estimate of drug-likeness (QED) is 0.772. The number of amides is 1. The summed E-state index contributed by atoms with van der Waals surface area (Å²) in [5, 5.41) is 6.50. The second-order valence-corrected chi connectivity index (χ2v) is 5.44. The Labute approximate surface area is 139 Å². The van der Waals surface area contributed by atoms with E-state index in [1.807, 2.05) is 0 Å². The summed E-state index contributed by atoms with van der Waals surface area (Å²) in [7, 11) is 0. The molecule has 1 heterocycles. The number of carbonyl (C=O) groups excluding carboxylic acids is 1. The molecule has 0 aliphatic rings. The van der Waals surface area contributed by atoms with Crippen LogP contribution in [0, 0.1) is 0 Å². The number of anilines is 2. The van der Waals surface area contributed by atoms with E-state index in [1.165, 1.54) is 12.4 Å². The van der Waals surface area contributed by atoms with Gasteiger partial charge < -0.3 is 10.6 Å². The van der Waals surface area contributed by atoms with Gasteiger partial charge in [-0.25, -0.2) is 9.97 Å². The topological polar surface area (TPSA) is 66.9 Å². The number of para-hydroxylation sites is 1. The fourth-order valence-electron chi connectivity index (χ4n) is 1.72. The van der Waals surface area contributed by atoms with Gasteiger partial charge in [-0.3, -0.25) is 4.79 Å². The van der Waals surface area contributed by atoms with Crippen molar-refractivity contribution in [2.45, 2.75) is 19.8 Å². The number of aromatic nitrogens is 2. The molecule has 2 rings (SSSR count). The molecule has 1 aromatic heterocycles. The first kappa shape index (κ1) is 16.5. The number of hydrogen-bond acceptors (Lipinski definition) is 4. The van der Waals surface area contributed by atoms with E-state index in [9.17, 15) is 4.79 Å². The third-order valence-electron chi connectivity index (χ3n) is 2.93. The summed E-state index contributed by atoms with van der Waals surface area (Å²) in [6.45, 7) is 2.91. The lowest BCUT2D eigenvalue weighted by molar-refractivity contribution is 0.102. The van der Waals surface area contributed by atoms with Crippen LogP contribution in [0.3, 0.4) is 0 Å². The van der Waals surface area contributed by atoms with E-state index >= 15 is 0 Å². The molecule has 0 spiro atoms. The molecule has 0 aliphatic heterocycles. The van der Waals surface area contributed by atoms with Crippen molar-refractivity contribution in [3.05, 3.63) is 46.2 Å². The van der Waals surface area contributed by atoms with E-state index in [0.29, 0.717) is 27.2 Å². The van der Waals surface area contributed by atoms with Gasteiger partial charge in [0.05, 0.1) is 21.3 Å². The second-order valence-electron chi connectivity index (χ2n) is 4.63. The highest BCUT2D eigenvalue weighted by Crippen LogP contribution is 2.30. The van der Waals surface area contributed by atoms with Gasteiger partial charge >= 0.3 is 0 Å². The Morgan fingerprint density at radius 2 is 1.82 bits per heavy atom. The van der Waals surface area contributed by atoms with Crippen molar-refractivity contribution in [2.75, 3.05) is 17.2 Å². The second kappa shape index (κ2) is 7.96. The van der Waals surface area contributed by atoms with Crippen molar-refractivity contribution in [1.29, 1.82) is 0 Å². The minimum atomic E-state index is -0.366. The number of hydrogen-bond donors (Lipinski definition) is 2. The molecule has 1 aromatic carbocycles. The summed E-state index contributed by atoms with van der Waals surface area (Å²) in [5.74, 6) is 0.135. The van der Waals surface area contributed by atoms with E-state index in [0.717, 1.165) is 19.4 Å². The molecule has 116 valence electrons. The van der Waals surface area contributed by atoms with E-state index in [-0.39, 0.29) is 5.91 Å². The van der Waals surface area contributed by atoms with E-state index in [2.05, 4.69) is 27.5 Å². The molecule has 2 aromatic rings. The predicted octanol–water partition coefficient (Wildman–Crippen LogP) is 4.25. The maximum Gasteiger partial charge on any atom is 0.258 e. The largest absolute Gasteiger partial charge is 0.354 e. The van der Waals surface area contributed by atoms with E-state index < -0.39 is 0 Å². The minimum Gasteiger partial charge on any atom is -0.354 e. The van der Waals surface area contributed by atoms with Crippen molar-refractivity contribution < 1.29 is 4.79 Å². The maximum absolute atomic E-state index is 12.2. The van der Waals surface area contributed by atoms with E-state index in [1.54, 1.807) is 18.2 Å². The van der Waals surface area contributed by atoms with Gasteiger partial charge in [-0.15, -0.1) is 0 Å². The molecule has 1 amide bonds. The number of unbranched alkanes of at least 4 members (excludes halogenated alkanes) is 1. The average molecular weight is 339 g/mol. The molecule has 2 N–H and O–H groups in total. The van der Waals surface area contributed by atoms with Gasteiger partial charge in [-0.1, -0.05) is 42.6 Å². The predicted molar refractivity (Wildman–Crippen MR) is 89.8 cm³/mol. The molecule has 0 radical (unpaired) electrons. The first-order valence-corrected chi connectivity index (χ1v) is 7.68. The van der Waals surface area contributed by atoms with Gasteiger partial charge in [0.25, 0.3) is 5.91 Å². The zero-order valence-corrected chi connectivity index (χ0v) is 13.6. The molecule has 0 bridgehead atoms. The Bertz CT molecular complexity index is 626. The molecule has 0 aliphatic carbocycles. The lowest BCUT2D eigenvalue weighted by Crippen LogP contribution is -2.14. The van der Waals surface area contributed by atoms with Gasteiger partial charge in [-0.05, 0) is 18.6 Å². The number of benzene rings is 1. The summed E-state index contributed by atoms with van der Waals surface area (Å²) in [6.07, 6.45) is 5.05. The summed E-state index contributed by atoms with van der Waals surface area (Å²) >= 11 is 12.0. The van der Waals surface area contributed by atoms with Crippen LogP contribution in [0.1, 0.15) is 30.1 Å². The Balaban J connectivity index is 2.04. The Morgan fingerprint density at radius 1 is 1.18 bits per heavy atom. The Morgan fingerprint density at radius 3 is 2.41 bits per heavy atom. The molecule has 0 saturated heterocycles. The first-order chi connectivity index (χ1) is 10.6. The van der Waals surface area contributed by atoms with Crippen molar-refractivity contribution >= 4 is 40.7 Å². The van der Waals surface area contributed by atoms with Crippen molar-refractivity contribution in [3.63, 3.8) is 0 Å². The van der Waals surface area contributed by atoms with Crippen LogP contribution in [0.5, 0.6) is 0 Å². The highest BCUT2D eigenvalue weighted by molar-refractivity contribution is 6.40. The highest BCUT2D eigenvalue weighted by Gasteiger charge is 2.12. The lowest BCUT2D eigenvalue weighted by atomic mass is 10.2. The lowest BCUT2D eigenvalue weighted by Gasteiger charge is -2.09. The summed E-state index contributed by atoms with van der Waals surface area (Å²) in [4.78, 5) is 20.4. The van der Waals surface area contributed by atoms with Crippen LogP contribution in [0.4, 0.5) is 11.6 Å². The molecule has 7 heteroatoms. The molecule has 0 fully saturated rings. The molecule has 5 nitrogen and oxygen atoms in total. The van der Waals surface area contributed by atoms with Gasteiger partial charge in [-0.2, -0.15) is 0 Å². The fourth-order valence-corrected chi connectivity index (χ4v) is 2.21. The van der Waals surface area contributed by atoms with Gasteiger partial charge in [0.1, 0.15) is 0 Å². The summed E-state index contributed by atoms with van der Waals surface area (Å²) in [5.41, 5.74) is 0.706. The Kier molecular flexibility index (Phi) is 5.98. The Hall–Kier alpha value is -1.85. The van der Waals surface area contributed by atoms with Crippen molar-refractivity contribution in [1.82, 2.24) is 9.97 Å². The summed E-state index contributed by atoms with van der Waals surface area (Å²) < 4.78 is 0. The number of nitrogens with one attached hydrogen (secondary N) is 2. The number of rotatable bonds is 6. The average Bonchev–Trinajstić information content (AvgIpc) is 2.52. The van der Waals surface area contributed by atoms with Crippen LogP contribution >= 0.6 is 23.2 Å². The van der Waals surface area contributed by atoms with Crippen LogP contribution in [0.25, 0.3) is 0 Å². The molecule has 22 heavy (non-hydrogen) atoms. The highest BCUT2D eigenvalue weighted by atomic mass is 35.5. The van der Waals surface area contributed by atoms with Crippen molar-refractivity contribution in [2.24, 2.45) is 0 Å². The smallest absolute Gasteiger partial charge is 0.258 e. The zero-order chi connectivity index (χ0) is 15.9. The molecule has 0 unspecified atom stereocenters. The normalized spacial score (nSPS) is 10.3. The zero-order valence-electron chi connectivity index (χ0n) is 12.1. The standard InChI is InChI=1S/C15H16Cl2N4O/c1-2-3-7-18-15-19-8-10(9-20-15)14(22)21-13-11(16)5-4-6-12(13)17/h4-6,8-9H,2-3,7H2,1H3,(H,21,22)(H,18,19,20). The molecular weight excluding hydrogens is 323 g/mol. The van der Waals surface area contributed by atoms with Gasteiger partial charge in [0.15, 0.2) is 0 Å². The maximum atomic E-state index is 12.2. The van der Waals surface area contributed by atoms with Gasteiger partial charge in [0, 0.05) is 18.9 Å². The van der Waals surface area contributed by atoms with Crippen LogP contribution in [0.15, 0.2) is 30.6 Å². The fraction of sp³-hybridized carbons (Fsp3) is 0.267. The molecule has 0 saturated carbocycles. The number of halogens is 2. The van der Waals surface area contributed by atoms with Crippen LogP contribution in [-0.4, -0.2) is 22.4 Å². The van der Waals surface area contributed by atoms with E-state index in [4.69, 9.17) is 23.2 Å². The number of nitrogens with zero attached hydrogens (tertiary/aromatic N) is 2. The SMILES string of the molecule is CCCCNc1ncc(C(=O)Nc2c(Cl)cccc2Cl)cn1. The first-order valence-electron chi connectivity index (χ1n) is 6.93. The van der Waals surface area contributed by atoms with Crippen molar-refractivity contribution in [3.8, 4) is 0 Å². The van der Waals surface area contributed by atoms with Gasteiger partial charge in [0.2, 0.25) is 5.95 Å². The monoisotopic (exact) mass is 338 g/mol. The third kappa shape index (κ3) is 4.32. The molecule has 0 atom stereocenters. The number of carbonyl (C=O) groups is 1. The minimum absolute atomic E-state index is 0.331. The summed E-state index contributed by atoms with van der Waals surface area (Å²) in [6, 6.07) is 5.01. The van der Waals surface area contributed by atoms with Crippen LogP contribution in [0.2, 0.25) is 10.0 Å². The molecular formula is C15H16Cl2N4O. The third-order valence-corrected chi connectivity index (χ3v) is 3.56. The van der Waals surface area contributed by atoms with Crippen LogP contribution in [-0.2, 0) is 0 Å². The van der Waals surface area contributed by atoms with Crippen LogP contribution < -0.4 is 10.6 Å².